The number of carbonyl (C=O) groups is 1. The number of rotatable bonds is 6. The second kappa shape index (κ2) is 8.87. The number of ether oxygens (including phenoxy) is 1. The van der Waals surface area contributed by atoms with Gasteiger partial charge < -0.3 is 4.74 Å². The van der Waals surface area contributed by atoms with Gasteiger partial charge in [0, 0.05) is 40.0 Å². The minimum Gasteiger partial charge on any atom is -0.456 e. The van der Waals surface area contributed by atoms with Crippen LogP contribution in [0.4, 0.5) is 0 Å². The molecule has 0 radical (unpaired) electrons. The van der Waals surface area contributed by atoms with Gasteiger partial charge in [-0.25, -0.2) is 9.78 Å². The number of thiazole rings is 1. The molecule has 0 saturated carbocycles. The topological polar surface area (TPSA) is 78.5 Å². The number of benzene rings is 1. The Hall–Kier alpha value is -3.23. The van der Waals surface area contributed by atoms with E-state index in [1.165, 1.54) is 27.9 Å². The molecule has 0 spiro atoms. The van der Waals surface area contributed by atoms with E-state index in [2.05, 4.69) is 10.1 Å². The summed E-state index contributed by atoms with van der Waals surface area (Å²) in [7, 11) is 0. The summed E-state index contributed by atoms with van der Waals surface area (Å²) in [5.41, 5.74) is 3.74. The normalized spacial score (nSPS) is 11.5. The van der Waals surface area contributed by atoms with Gasteiger partial charge in [0.2, 0.25) is 0 Å². The average molecular weight is 455 g/mol. The fourth-order valence-corrected chi connectivity index (χ4v) is 4.13. The molecule has 0 aliphatic rings. The molecule has 0 amide bonds. The maximum atomic E-state index is 12.2. The SMILES string of the molecule is Cc1nn(Cc2ccccc2Cl)c(C)c1C=CC(=O)OCc1cc(=O)n2ccsc2n1. The van der Waals surface area contributed by atoms with Gasteiger partial charge in [-0.3, -0.25) is 13.9 Å². The molecule has 0 aliphatic carbocycles. The average Bonchev–Trinajstić information content (AvgIpc) is 3.32. The van der Waals surface area contributed by atoms with Gasteiger partial charge >= 0.3 is 5.97 Å². The number of halogens is 1. The first kappa shape index (κ1) is 21.0. The summed E-state index contributed by atoms with van der Waals surface area (Å²) in [6.07, 6.45) is 4.70. The maximum absolute atomic E-state index is 12.2. The number of hydrogen-bond acceptors (Lipinski definition) is 6. The van der Waals surface area contributed by atoms with Crippen molar-refractivity contribution < 1.29 is 9.53 Å². The van der Waals surface area contributed by atoms with Crippen LogP contribution in [0.2, 0.25) is 5.02 Å². The Morgan fingerprint density at radius 1 is 1.29 bits per heavy atom. The molecule has 0 aliphatic heterocycles. The van der Waals surface area contributed by atoms with E-state index >= 15 is 0 Å². The molecule has 158 valence electrons. The highest BCUT2D eigenvalue weighted by atomic mass is 35.5. The zero-order valence-corrected chi connectivity index (χ0v) is 18.5. The van der Waals surface area contributed by atoms with Gasteiger partial charge in [-0.15, -0.1) is 11.3 Å². The summed E-state index contributed by atoms with van der Waals surface area (Å²) in [4.78, 5) is 29.1. The molecule has 0 atom stereocenters. The molecule has 0 fully saturated rings. The Bertz CT molecular complexity index is 1350. The van der Waals surface area contributed by atoms with Gasteiger partial charge in [0.15, 0.2) is 4.96 Å². The molecule has 4 aromatic rings. The van der Waals surface area contributed by atoms with Gasteiger partial charge in [0.25, 0.3) is 5.56 Å². The minimum absolute atomic E-state index is 0.0729. The van der Waals surface area contributed by atoms with Crippen molar-refractivity contribution in [3.05, 3.63) is 91.6 Å². The van der Waals surface area contributed by atoms with Crippen molar-refractivity contribution in [3.63, 3.8) is 0 Å². The van der Waals surface area contributed by atoms with Gasteiger partial charge in [-0.2, -0.15) is 5.10 Å². The molecule has 9 heteroatoms. The number of esters is 1. The first-order valence-electron chi connectivity index (χ1n) is 9.50. The Kier molecular flexibility index (Phi) is 6.01. The Labute approximate surface area is 187 Å². The first-order valence-corrected chi connectivity index (χ1v) is 10.8. The Balaban J connectivity index is 1.44. The molecular formula is C22H19ClN4O3S. The monoisotopic (exact) mass is 454 g/mol. The van der Waals surface area contributed by atoms with Crippen LogP contribution >= 0.6 is 22.9 Å². The third-order valence-electron chi connectivity index (χ3n) is 4.82. The Morgan fingerprint density at radius 2 is 2.10 bits per heavy atom. The number of fused-ring (bicyclic) bond motifs is 1. The van der Waals surface area contributed by atoms with Gasteiger partial charge in [0.05, 0.1) is 17.9 Å². The second-order valence-corrected chi connectivity index (χ2v) is 8.20. The van der Waals surface area contributed by atoms with Crippen molar-refractivity contribution in [2.24, 2.45) is 0 Å². The third-order valence-corrected chi connectivity index (χ3v) is 5.95. The number of aryl methyl sites for hydroxylation is 1. The van der Waals surface area contributed by atoms with Crippen LogP contribution in [0.5, 0.6) is 0 Å². The van der Waals surface area contributed by atoms with Crippen molar-refractivity contribution in [1.29, 1.82) is 0 Å². The van der Waals surface area contributed by atoms with Crippen LogP contribution < -0.4 is 5.56 Å². The lowest BCUT2D eigenvalue weighted by atomic mass is 10.1. The van der Waals surface area contributed by atoms with Gasteiger partial charge in [0.1, 0.15) is 6.61 Å². The smallest absolute Gasteiger partial charge is 0.331 e. The lowest BCUT2D eigenvalue weighted by Gasteiger charge is -2.06. The van der Waals surface area contributed by atoms with Crippen LogP contribution in [0.15, 0.2) is 52.8 Å². The van der Waals surface area contributed by atoms with Crippen molar-refractivity contribution in [2.75, 3.05) is 0 Å². The standard InChI is InChI=1S/C22H19ClN4O3S/c1-14-18(15(2)27(25-14)12-16-5-3-4-6-19(16)23)7-8-21(29)30-13-17-11-20(28)26-9-10-31-22(26)24-17/h3-11H,12-13H2,1-2H3. The lowest BCUT2D eigenvalue weighted by Crippen LogP contribution is -2.14. The van der Waals surface area contributed by atoms with Crippen molar-refractivity contribution in [1.82, 2.24) is 19.2 Å². The van der Waals surface area contributed by atoms with E-state index in [0.29, 0.717) is 22.2 Å². The molecule has 4 rings (SSSR count). The van der Waals surface area contributed by atoms with Crippen LogP contribution in [0.25, 0.3) is 11.0 Å². The first-order chi connectivity index (χ1) is 14.9. The second-order valence-electron chi connectivity index (χ2n) is 6.92. The molecule has 0 saturated heterocycles. The van der Waals surface area contributed by atoms with E-state index in [-0.39, 0.29) is 12.2 Å². The van der Waals surface area contributed by atoms with Crippen LogP contribution in [-0.2, 0) is 22.7 Å². The molecule has 0 unspecified atom stereocenters. The molecular weight excluding hydrogens is 436 g/mol. The minimum atomic E-state index is -0.522. The van der Waals surface area contributed by atoms with Crippen molar-refractivity contribution in [3.8, 4) is 0 Å². The number of nitrogens with zero attached hydrogens (tertiary/aromatic N) is 4. The van der Waals surface area contributed by atoms with Crippen molar-refractivity contribution in [2.45, 2.75) is 27.0 Å². The number of carbonyl (C=O) groups excluding carboxylic acids is 1. The lowest BCUT2D eigenvalue weighted by molar-refractivity contribution is -0.139. The molecule has 0 N–H and O–H groups in total. The van der Waals surface area contributed by atoms with E-state index in [0.717, 1.165) is 22.5 Å². The molecule has 3 aromatic heterocycles. The number of hydrogen-bond donors (Lipinski definition) is 0. The largest absolute Gasteiger partial charge is 0.456 e. The summed E-state index contributed by atoms with van der Waals surface area (Å²) in [6.45, 7) is 4.29. The van der Waals surface area contributed by atoms with E-state index in [9.17, 15) is 9.59 Å². The van der Waals surface area contributed by atoms with E-state index in [1.54, 1.807) is 17.7 Å². The third kappa shape index (κ3) is 4.60. The predicted molar refractivity (Wildman–Crippen MR) is 120 cm³/mol. The van der Waals surface area contributed by atoms with Crippen LogP contribution in [0.1, 0.15) is 28.2 Å². The highest BCUT2D eigenvalue weighted by molar-refractivity contribution is 7.15. The van der Waals surface area contributed by atoms with E-state index < -0.39 is 5.97 Å². The Morgan fingerprint density at radius 3 is 2.90 bits per heavy atom. The highest BCUT2D eigenvalue weighted by Crippen LogP contribution is 2.20. The predicted octanol–water partition coefficient (Wildman–Crippen LogP) is 4.03. The zero-order valence-electron chi connectivity index (χ0n) is 16.9. The van der Waals surface area contributed by atoms with Crippen LogP contribution in [-0.4, -0.2) is 25.1 Å². The molecule has 7 nitrogen and oxygen atoms in total. The zero-order chi connectivity index (χ0) is 22.0. The summed E-state index contributed by atoms with van der Waals surface area (Å²) in [5, 5.41) is 7.02. The van der Waals surface area contributed by atoms with Gasteiger partial charge in [-0.1, -0.05) is 29.8 Å². The summed E-state index contributed by atoms with van der Waals surface area (Å²) < 4.78 is 8.55. The van der Waals surface area contributed by atoms with E-state index in [1.807, 2.05) is 42.8 Å². The van der Waals surface area contributed by atoms with E-state index in [4.69, 9.17) is 16.3 Å². The van der Waals surface area contributed by atoms with Crippen LogP contribution in [0.3, 0.4) is 0 Å². The number of aromatic nitrogens is 4. The fourth-order valence-electron chi connectivity index (χ4n) is 3.20. The fraction of sp³-hybridized carbons (Fsp3) is 0.182. The summed E-state index contributed by atoms with van der Waals surface area (Å²) >= 11 is 7.60. The quantitative estimate of drug-likeness (QED) is 0.324. The molecule has 3 heterocycles. The molecule has 1 aromatic carbocycles. The highest BCUT2D eigenvalue weighted by Gasteiger charge is 2.12. The van der Waals surface area contributed by atoms with Crippen molar-refractivity contribution >= 4 is 39.9 Å². The van der Waals surface area contributed by atoms with Crippen LogP contribution in [0, 0.1) is 13.8 Å². The summed E-state index contributed by atoms with van der Waals surface area (Å²) in [5.74, 6) is -0.522. The summed E-state index contributed by atoms with van der Waals surface area (Å²) in [6, 6.07) is 8.99. The molecule has 31 heavy (non-hydrogen) atoms. The molecule has 0 bridgehead atoms. The van der Waals surface area contributed by atoms with Gasteiger partial charge in [-0.05, 0) is 31.6 Å². The maximum Gasteiger partial charge on any atom is 0.331 e.